The van der Waals surface area contributed by atoms with E-state index in [1.807, 2.05) is 13.0 Å². The van der Waals surface area contributed by atoms with E-state index in [4.69, 9.17) is 11.6 Å². The fourth-order valence-corrected chi connectivity index (χ4v) is 2.76. The Morgan fingerprint density at radius 3 is 2.61 bits per heavy atom. The molecule has 1 aromatic carbocycles. The third-order valence-electron chi connectivity index (χ3n) is 4.17. The molecule has 3 aromatic rings. The van der Waals surface area contributed by atoms with E-state index >= 15 is 0 Å². The second-order valence-electron chi connectivity index (χ2n) is 6.47. The first-order valence-corrected chi connectivity index (χ1v) is 9.15. The van der Waals surface area contributed by atoms with E-state index in [1.54, 1.807) is 24.3 Å². The van der Waals surface area contributed by atoms with Gasteiger partial charge in [0.25, 0.3) is 5.91 Å². The van der Waals surface area contributed by atoms with Crippen molar-refractivity contribution in [1.82, 2.24) is 30.8 Å². The van der Waals surface area contributed by atoms with E-state index in [-0.39, 0.29) is 17.6 Å². The molecular formula is C18H19ClN8O. The Morgan fingerprint density at radius 2 is 1.96 bits per heavy atom. The van der Waals surface area contributed by atoms with Crippen LogP contribution in [0.1, 0.15) is 16.2 Å². The highest BCUT2D eigenvalue weighted by Gasteiger charge is 2.23. The van der Waals surface area contributed by atoms with Gasteiger partial charge in [0.2, 0.25) is 0 Å². The molecule has 0 unspecified atom stereocenters. The van der Waals surface area contributed by atoms with Crippen molar-refractivity contribution >= 4 is 40.6 Å². The van der Waals surface area contributed by atoms with E-state index in [9.17, 15) is 4.79 Å². The minimum absolute atomic E-state index is 0.0996. The largest absolute Gasteiger partial charge is 0.345 e. The lowest BCUT2D eigenvalue weighted by atomic mass is 10.2. The molecule has 9 nitrogen and oxygen atoms in total. The number of nitrogens with one attached hydrogen (secondary N) is 5. The number of benzene rings is 1. The second kappa shape index (κ2) is 7.83. The van der Waals surface area contributed by atoms with E-state index < -0.39 is 0 Å². The maximum absolute atomic E-state index is 12.6. The Balaban J connectivity index is 1.61. The number of anilines is 4. The van der Waals surface area contributed by atoms with Gasteiger partial charge in [-0.25, -0.2) is 9.97 Å². The highest BCUT2D eigenvalue weighted by molar-refractivity contribution is 6.30. The molecule has 0 spiro atoms. The van der Waals surface area contributed by atoms with Crippen LogP contribution in [0, 0.1) is 6.92 Å². The van der Waals surface area contributed by atoms with Crippen LogP contribution in [-0.4, -0.2) is 45.2 Å². The topological polar surface area (TPSA) is 120 Å². The van der Waals surface area contributed by atoms with E-state index in [0.29, 0.717) is 22.5 Å². The summed E-state index contributed by atoms with van der Waals surface area (Å²) >= 11 is 5.95. The van der Waals surface area contributed by atoms with Gasteiger partial charge >= 0.3 is 0 Å². The minimum atomic E-state index is -0.280. The molecule has 0 atom stereocenters. The number of rotatable bonds is 6. The summed E-state index contributed by atoms with van der Waals surface area (Å²) in [4.78, 5) is 21.5. The van der Waals surface area contributed by atoms with Crippen LogP contribution in [0.2, 0.25) is 5.02 Å². The Kier molecular flexibility index (Phi) is 5.09. The van der Waals surface area contributed by atoms with Crippen LogP contribution in [0.25, 0.3) is 0 Å². The van der Waals surface area contributed by atoms with Crippen LogP contribution < -0.4 is 21.3 Å². The van der Waals surface area contributed by atoms with Crippen molar-refractivity contribution in [3.8, 4) is 0 Å². The van der Waals surface area contributed by atoms with Crippen LogP contribution in [0.3, 0.4) is 0 Å². The number of aromatic nitrogens is 4. The number of amides is 1. The second-order valence-corrected chi connectivity index (χ2v) is 6.91. The van der Waals surface area contributed by atoms with Gasteiger partial charge in [-0.2, -0.15) is 5.10 Å². The van der Waals surface area contributed by atoms with Crippen molar-refractivity contribution in [1.29, 1.82) is 0 Å². The van der Waals surface area contributed by atoms with Crippen LogP contribution in [0.5, 0.6) is 0 Å². The molecule has 144 valence electrons. The van der Waals surface area contributed by atoms with Crippen molar-refractivity contribution in [3.63, 3.8) is 0 Å². The summed E-state index contributed by atoms with van der Waals surface area (Å²) in [5.41, 5.74) is 1.87. The van der Waals surface area contributed by atoms with Crippen molar-refractivity contribution < 1.29 is 4.79 Å². The molecule has 3 heterocycles. The fourth-order valence-electron chi connectivity index (χ4n) is 2.63. The van der Waals surface area contributed by atoms with Crippen molar-refractivity contribution in [2.75, 3.05) is 23.7 Å². The Labute approximate surface area is 166 Å². The third kappa shape index (κ3) is 4.21. The molecule has 1 saturated heterocycles. The molecule has 0 saturated carbocycles. The average molecular weight is 399 g/mol. The molecule has 10 heteroatoms. The SMILES string of the molecule is Cc1cc(Nc2cnc(C(=O)NC3CNC3)c(Nc3ccc(Cl)cc3)n2)n[nH]1. The van der Waals surface area contributed by atoms with Crippen LogP contribution in [0.15, 0.2) is 36.5 Å². The molecule has 5 N–H and O–H groups in total. The number of carbonyl (C=O) groups excluding carboxylic acids is 1. The van der Waals surface area contributed by atoms with Gasteiger partial charge < -0.3 is 21.3 Å². The summed E-state index contributed by atoms with van der Waals surface area (Å²) in [6, 6.07) is 9.06. The van der Waals surface area contributed by atoms with Crippen LogP contribution in [0.4, 0.5) is 23.1 Å². The van der Waals surface area contributed by atoms with Crippen molar-refractivity contribution in [3.05, 3.63) is 52.9 Å². The first-order valence-electron chi connectivity index (χ1n) is 8.77. The van der Waals surface area contributed by atoms with E-state index in [2.05, 4.69) is 41.4 Å². The number of hydrogen-bond donors (Lipinski definition) is 5. The standard InChI is InChI=1S/C18H19ClN8O/c1-10-6-14(27-26-10)24-15-9-21-16(18(28)23-13-7-20-8-13)17(25-15)22-12-4-2-11(19)3-5-12/h2-6,9,13,20H,7-8H2,1H3,(H,23,28)(H3,22,24,25,26,27). The molecule has 1 fully saturated rings. The van der Waals surface area contributed by atoms with Gasteiger partial charge in [0.1, 0.15) is 0 Å². The number of H-pyrrole nitrogens is 1. The molecule has 2 aromatic heterocycles. The molecule has 0 radical (unpaired) electrons. The maximum atomic E-state index is 12.6. The molecule has 0 bridgehead atoms. The van der Waals surface area contributed by atoms with Gasteiger partial charge in [0, 0.05) is 35.6 Å². The van der Waals surface area contributed by atoms with Crippen LogP contribution in [-0.2, 0) is 0 Å². The minimum Gasteiger partial charge on any atom is -0.345 e. The zero-order chi connectivity index (χ0) is 19.5. The highest BCUT2D eigenvalue weighted by Crippen LogP contribution is 2.22. The first-order chi connectivity index (χ1) is 13.6. The van der Waals surface area contributed by atoms with Crippen LogP contribution >= 0.6 is 11.6 Å². The number of nitrogens with zero attached hydrogens (tertiary/aromatic N) is 3. The summed E-state index contributed by atoms with van der Waals surface area (Å²) in [6.07, 6.45) is 1.50. The van der Waals surface area contributed by atoms with Gasteiger partial charge in [-0.05, 0) is 31.2 Å². The van der Waals surface area contributed by atoms with Gasteiger partial charge in [-0.15, -0.1) is 0 Å². The molecule has 4 rings (SSSR count). The summed E-state index contributed by atoms with van der Waals surface area (Å²) in [5.74, 6) is 1.13. The molecular weight excluding hydrogens is 380 g/mol. The summed E-state index contributed by atoms with van der Waals surface area (Å²) < 4.78 is 0. The maximum Gasteiger partial charge on any atom is 0.274 e. The van der Waals surface area contributed by atoms with E-state index in [0.717, 1.165) is 24.5 Å². The Morgan fingerprint density at radius 1 is 1.18 bits per heavy atom. The molecule has 1 aliphatic heterocycles. The molecule has 28 heavy (non-hydrogen) atoms. The summed E-state index contributed by atoms with van der Waals surface area (Å²) in [6.45, 7) is 3.40. The molecule has 1 amide bonds. The molecule has 1 aliphatic rings. The van der Waals surface area contributed by atoms with E-state index in [1.165, 1.54) is 6.20 Å². The lowest BCUT2D eigenvalue weighted by molar-refractivity contribution is 0.0919. The van der Waals surface area contributed by atoms with Gasteiger partial charge in [0.05, 0.1) is 12.2 Å². The average Bonchev–Trinajstić information content (AvgIpc) is 3.05. The quantitative estimate of drug-likeness (QED) is 0.432. The van der Waals surface area contributed by atoms with Gasteiger partial charge in [-0.1, -0.05) is 11.6 Å². The predicted molar refractivity (Wildman–Crippen MR) is 107 cm³/mol. The van der Waals surface area contributed by atoms with Gasteiger partial charge in [-0.3, -0.25) is 9.89 Å². The Bertz CT molecular complexity index is 984. The Hall–Kier alpha value is -3.17. The lowest BCUT2D eigenvalue weighted by Gasteiger charge is -2.28. The number of aryl methyl sites for hydroxylation is 1. The van der Waals surface area contributed by atoms with Crippen molar-refractivity contribution in [2.24, 2.45) is 0 Å². The monoisotopic (exact) mass is 398 g/mol. The fraction of sp³-hybridized carbons (Fsp3) is 0.222. The zero-order valence-electron chi connectivity index (χ0n) is 15.1. The smallest absolute Gasteiger partial charge is 0.274 e. The first kappa shape index (κ1) is 18.2. The number of hydrogen-bond acceptors (Lipinski definition) is 7. The molecule has 0 aliphatic carbocycles. The summed E-state index contributed by atoms with van der Waals surface area (Å²) in [5, 5.41) is 19.9. The third-order valence-corrected chi connectivity index (χ3v) is 4.43. The lowest BCUT2D eigenvalue weighted by Crippen LogP contribution is -2.57. The predicted octanol–water partition coefficient (Wildman–Crippen LogP) is 2.35. The number of aromatic amines is 1. The zero-order valence-corrected chi connectivity index (χ0v) is 15.8. The van der Waals surface area contributed by atoms with Crippen molar-refractivity contribution in [2.45, 2.75) is 13.0 Å². The highest BCUT2D eigenvalue weighted by atomic mass is 35.5. The summed E-state index contributed by atoms with van der Waals surface area (Å²) in [7, 11) is 0. The van der Waals surface area contributed by atoms with Gasteiger partial charge in [0.15, 0.2) is 23.1 Å². The number of carbonyl (C=O) groups is 1. The normalized spacial score (nSPS) is 13.6. The number of halogens is 1.